The molecule has 0 amide bonds. The lowest BCUT2D eigenvalue weighted by Crippen LogP contribution is -2.27. The van der Waals surface area contributed by atoms with Crippen molar-refractivity contribution in [1.82, 2.24) is 0 Å². The Bertz CT molecular complexity index is 84.5. The minimum atomic E-state index is 0.0474. The topological polar surface area (TPSA) is 18.5 Å². The molecule has 1 unspecified atom stereocenters. The molecule has 2 nitrogen and oxygen atoms in total. The SMILES string of the molecule is CC=COC1CCO1. The quantitative estimate of drug-likeness (QED) is 0.503. The molecule has 1 saturated heterocycles. The summed E-state index contributed by atoms with van der Waals surface area (Å²) in [7, 11) is 0. The van der Waals surface area contributed by atoms with Crippen molar-refractivity contribution in [3.63, 3.8) is 0 Å². The van der Waals surface area contributed by atoms with Crippen LogP contribution < -0.4 is 0 Å². The highest BCUT2D eigenvalue weighted by Gasteiger charge is 2.16. The molecule has 0 radical (unpaired) electrons. The lowest BCUT2D eigenvalue weighted by molar-refractivity contribution is -0.186. The second-order valence-corrected chi connectivity index (χ2v) is 1.69. The van der Waals surface area contributed by atoms with E-state index in [0.29, 0.717) is 0 Å². The Labute approximate surface area is 49.1 Å². The van der Waals surface area contributed by atoms with Crippen LogP contribution in [0.1, 0.15) is 13.3 Å². The van der Waals surface area contributed by atoms with E-state index in [-0.39, 0.29) is 6.29 Å². The molecule has 0 N–H and O–H groups in total. The zero-order valence-corrected chi connectivity index (χ0v) is 4.96. The zero-order chi connectivity index (χ0) is 5.82. The van der Waals surface area contributed by atoms with E-state index < -0.39 is 0 Å². The monoisotopic (exact) mass is 114 g/mol. The molecule has 1 rings (SSSR count). The van der Waals surface area contributed by atoms with Crippen molar-refractivity contribution >= 4 is 0 Å². The lowest BCUT2D eigenvalue weighted by Gasteiger charge is -2.24. The maximum Gasteiger partial charge on any atom is 0.201 e. The van der Waals surface area contributed by atoms with Gasteiger partial charge in [-0.3, -0.25) is 0 Å². The van der Waals surface area contributed by atoms with Crippen LogP contribution in [0, 0.1) is 0 Å². The third-order valence-electron chi connectivity index (χ3n) is 1.02. The largest absolute Gasteiger partial charge is 0.473 e. The van der Waals surface area contributed by atoms with Gasteiger partial charge >= 0.3 is 0 Å². The predicted molar refractivity (Wildman–Crippen MR) is 30.3 cm³/mol. The molecule has 1 atom stereocenters. The molecular weight excluding hydrogens is 104 g/mol. The summed E-state index contributed by atoms with van der Waals surface area (Å²) in [6.07, 6.45) is 4.58. The summed E-state index contributed by atoms with van der Waals surface area (Å²) < 4.78 is 9.98. The fraction of sp³-hybridized carbons (Fsp3) is 0.667. The van der Waals surface area contributed by atoms with Gasteiger partial charge in [-0.2, -0.15) is 0 Å². The number of ether oxygens (including phenoxy) is 2. The van der Waals surface area contributed by atoms with Crippen molar-refractivity contribution in [2.75, 3.05) is 6.61 Å². The standard InChI is InChI=1S/C6H10O2/c1-2-4-7-6-3-5-8-6/h2,4,6H,3,5H2,1H3. The van der Waals surface area contributed by atoms with Crippen molar-refractivity contribution < 1.29 is 9.47 Å². The smallest absolute Gasteiger partial charge is 0.201 e. The lowest BCUT2D eigenvalue weighted by atomic mass is 10.3. The number of allylic oxidation sites excluding steroid dienone is 1. The Kier molecular flexibility index (Phi) is 1.92. The molecule has 0 spiro atoms. The van der Waals surface area contributed by atoms with Crippen molar-refractivity contribution in [3.8, 4) is 0 Å². The van der Waals surface area contributed by atoms with E-state index in [4.69, 9.17) is 9.47 Å². The Hall–Kier alpha value is -0.500. The van der Waals surface area contributed by atoms with Crippen LogP contribution in [-0.2, 0) is 9.47 Å². The van der Waals surface area contributed by atoms with Crippen LogP contribution in [0.15, 0.2) is 12.3 Å². The minimum absolute atomic E-state index is 0.0474. The molecule has 0 aromatic heterocycles. The number of hydrogen-bond acceptors (Lipinski definition) is 2. The Morgan fingerprint density at radius 3 is 2.88 bits per heavy atom. The van der Waals surface area contributed by atoms with E-state index in [1.54, 1.807) is 6.26 Å². The first-order valence-electron chi connectivity index (χ1n) is 2.81. The fourth-order valence-electron chi connectivity index (χ4n) is 0.488. The molecule has 0 aromatic rings. The summed E-state index contributed by atoms with van der Waals surface area (Å²) in [6, 6.07) is 0. The molecule has 0 aliphatic carbocycles. The van der Waals surface area contributed by atoms with Gasteiger partial charge < -0.3 is 9.47 Å². The minimum Gasteiger partial charge on any atom is -0.473 e. The van der Waals surface area contributed by atoms with Crippen molar-refractivity contribution in [1.29, 1.82) is 0 Å². The van der Waals surface area contributed by atoms with Crippen LogP contribution in [0.5, 0.6) is 0 Å². The average molecular weight is 114 g/mol. The molecule has 0 bridgehead atoms. The molecule has 46 valence electrons. The summed E-state index contributed by atoms with van der Waals surface area (Å²) in [4.78, 5) is 0. The molecule has 1 fully saturated rings. The highest BCUT2D eigenvalue weighted by Crippen LogP contribution is 2.11. The first-order valence-corrected chi connectivity index (χ1v) is 2.81. The molecule has 0 saturated carbocycles. The molecule has 2 heteroatoms. The summed E-state index contributed by atoms with van der Waals surface area (Å²) in [5, 5.41) is 0. The van der Waals surface area contributed by atoms with Crippen LogP contribution in [0.4, 0.5) is 0 Å². The maximum atomic E-state index is 5.02. The van der Waals surface area contributed by atoms with Crippen LogP contribution in [0.2, 0.25) is 0 Å². The van der Waals surface area contributed by atoms with Crippen LogP contribution in [-0.4, -0.2) is 12.9 Å². The summed E-state index contributed by atoms with van der Waals surface area (Å²) in [5.74, 6) is 0. The average Bonchev–Trinajstić information content (AvgIpc) is 1.63. The van der Waals surface area contributed by atoms with E-state index in [9.17, 15) is 0 Å². The Morgan fingerprint density at radius 2 is 2.50 bits per heavy atom. The zero-order valence-electron chi connectivity index (χ0n) is 4.96. The van der Waals surface area contributed by atoms with E-state index in [0.717, 1.165) is 13.0 Å². The van der Waals surface area contributed by atoms with E-state index in [1.807, 2.05) is 13.0 Å². The van der Waals surface area contributed by atoms with Gasteiger partial charge in [0.1, 0.15) is 0 Å². The highest BCUT2D eigenvalue weighted by atomic mass is 16.7. The van der Waals surface area contributed by atoms with Gasteiger partial charge in [0.05, 0.1) is 12.9 Å². The second-order valence-electron chi connectivity index (χ2n) is 1.69. The predicted octanol–water partition coefficient (Wildman–Crippen LogP) is 1.28. The number of hydrogen-bond donors (Lipinski definition) is 0. The van der Waals surface area contributed by atoms with Crippen LogP contribution in [0.25, 0.3) is 0 Å². The summed E-state index contributed by atoms with van der Waals surface area (Å²) in [5.41, 5.74) is 0. The Balaban J connectivity index is 2.01. The van der Waals surface area contributed by atoms with E-state index >= 15 is 0 Å². The molecule has 8 heavy (non-hydrogen) atoms. The third-order valence-corrected chi connectivity index (χ3v) is 1.02. The van der Waals surface area contributed by atoms with E-state index in [2.05, 4.69) is 0 Å². The number of rotatable bonds is 2. The normalized spacial score (nSPS) is 27.9. The third kappa shape index (κ3) is 1.23. The molecule has 0 aromatic carbocycles. The van der Waals surface area contributed by atoms with Crippen molar-refractivity contribution in [2.45, 2.75) is 19.6 Å². The van der Waals surface area contributed by atoms with Crippen LogP contribution in [0.3, 0.4) is 0 Å². The van der Waals surface area contributed by atoms with Gasteiger partial charge in [0, 0.05) is 6.42 Å². The molecule has 1 aliphatic rings. The van der Waals surface area contributed by atoms with Gasteiger partial charge in [-0.25, -0.2) is 0 Å². The highest BCUT2D eigenvalue weighted by molar-refractivity contribution is 4.68. The van der Waals surface area contributed by atoms with Crippen molar-refractivity contribution in [2.24, 2.45) is 0 Å². The van der Waals surface area contributed by atoms with Crippen LogP contribution >= 0.6 is 0 Å². The van der Waals surface area contributed by atoms with E-state index in [1.165, 1.54) is 0 Å². The van der Waals surface area contributed by atoms with Gasteiger partial charge in [0.2, 0.25) is 6.29 Å². The Morgan fingerprint density at radius 1 is 1.75 bits per heavy atom. The van der Waals surface area contributed by atoms with Crippen molar-refractivity contribution in [3.05, 3.63) is 12.3 Å². The first kappa shape index (κ1) is 5.63. The summed E-state index contributed by atoms with van der Waals surface area (Å²) >= 11 is 0. The second kappa shape index (κ2) is 2.72. The van der Waals surface area contributed by atoms with Gasteiger partial charge in [0.15, 0.2) is 0 Å². The molecule has 1 heterocycles. The molecular formula is C6H10O2. The van der Waals surface area contributed by atoms with Gasteiger partial charge in [-0.05, 0) is 6.92 Å². The summed E-state index contributed by atoms with van der Waals surface area (Å²) in [6.45, 7) is 2.76. The maximum absolute atomic E-state index is 5.02. The first-order chi connectivity index (χ1) is 3.93. The molecule has 1 aliphatic heterocycles. The van der Waals surface area contributed by atoms with Gasteiger partial charge in [-0.1, -0.05) is 6.08 Å². The fourth-order valence-corrected chi connectivity index (χ4v) is 0.488. The van der Waals surface area contributed by atoms with Gasteiger partial charge in [0.25, 0.3) is 0 Å². The van der Waals surface area contributed by atoms with Gasteiger partial charge in [-0.15, -0.1) is 0 Å².